The van der Waals surface area contributed by atoms with Crippen LogP contribution in [0, 0.1) is 5.92 Å². The molecule has 128 valence electrons. The molecule has 0 aliphatic carbocycles. The summed E-state index contributed by atoms with van der Waals surface area (Å²) in [6.45, 7) is 2.03. The summed E-state index contributed by atoms with van der Waals surface area (Å²) in [7, 11) is 3.52. The minimum atomic E-state index is -0.159. The second kappa shape index (κ2) is 7.49. The van der Waals surface area contributed by atoms with Crippen LogP contribution in [-0.4, -0.2) is 47.5 Å². The summed E-state index contributed by atoms with van der Waals surface area (Å²) in [6, 6.07) is 7.91. The fraction of sp³-hybridized carbons (Fsp3) is 0.444. The molecule has 0 saturated carbocycles. The third-order valence-electron chi connectivity index (χ3n) is 4.24. The summed E-state index contributed by atoms with van der Waals surface area (Å²) in [5, 5.41) is 4.17. The molecule has 2 aromatic rings. The minimum Gasteiger partial charge on any atom is -0.492 e. The van der Waals surface area contributed by atoms with Crippen molar-refractivity contribution >= 4 is 5.91 Å². The van der Waals surface area contributed by atoms with E-state index in [0.717, 1.165) is 16.9 Å². The van der Waals surface area contributed by atoms with Crippen LogP contribution in [0.25, 0.3) is 0 Å². The van der Waals surface area contributed by atoms with Crippen LogP contribution in [0.1, 0.15) is 11.1 Å². The SMILES string of the molecule is COCCN(Cc1cnn(C)c1)C(=O)[C@H]1COc2ccccc2C1. The number of amides is 1. The van der Waals surface area contributed by atoms with Crippen molar-refractivity contribution in [2.24, 2.45) is 13.0 Å². The molecule has 1 aliphatic rings. The highest BCUT2D eigenvalue weighted by molar-refractivity contribution is 5.79. The number of hydrogen-bond acceptors (Lipinski definition) is 4. The molecule has 0 N–H and O–H groups in total. The van der Waals surface area contributed by atoms with Crippen LogP contribution >= 0.6 is 0 Å². The van der Waals surface area contributed by atoms with Crippen LogP contribution in [0.15, 0.2) is 36.7 Å². The fourth-order valence-electron chi connectivity index (χ4n) is 2.99. The van der Waals surface area contributed by atoms with Gasteiger partial charge >= 0.3 is 0 Å². The Labute approximate surface area is 142 Å². The second-order valence-corrected chi connectivity index (χ2v) is 6.09. The van der Waals surface area contributed by atoms with Crippen molar-refractivity contribution < 1.29 is 14.3 Å². The summed E-state index contributed by atoms with van der Waals surface area (Å²) >= 11 is 0. The molecule has 0 bridgehead atoms. The van der Waals surface area contributed by atoms with Crippen LogP contribution in [0.4, 0.5) is 0 Å². The normalized spacial score (nSPS) is 16.3. The highest BCUT2D eigenvalue weighted by Crippen LogP contribution is 2.28. The predicted molar refractivity (Wildman–Crippen MR) is 89.6 cm³/mol. The number of fused-ring (bicyclic) bond motifs is 1. The number of carbonyl (C=O) groups is 1. The molecule has 24 heavy (non-hydrogen) atoms. The van der Waals surface area contributed by atoms with Gasteiger partial charge in [-0.15, -0.1) is 0 Å². The first-order chi connectivity index (χ1) is 11.7. The third kappa shape index (κ3) is 3.76. The molecule has 0 saturated heterocycles. The Kier molecular flexibility index (Phi) is 5.15. The number of methoxy groups -OCH3 is 1. The highest BCUT2D eigenvalue weighted by Gasteiger charge is 2.29. The highest BCUT2D eigenvalue weighted by atomic mass is 16.5. The Morgan fingerprint density at radius 2 is 2.29 bits per heavy atom. The molecule has 2 heterocycles. The van der Waals surface area contributed by atoms with E-state index < -0.39 is 0 Å². The number of benzene rings is 1. The number of aryl methyl sites for hydroxylation is 1. The number of hydrogen-bond donors (Lipinski definition) is 0. The minimum absolute atomic E-state index is 0.102. The van der Waals surface area contributed by atoms with Gasteiger partial charge in [0.1, 0.15) is 12.4 Å². The molecule has 3 rings (SSSR count). The number of para-hydroxylation sites is 1. The molecule has 1 atom stereocenters. The Morgan fingerprint density at radius 1 is 1.46 bits per heavy atom. The predicted octanol–water partition coefficient (Wildman–Crippen LogP) is 1.65. The number of carbonyl (C=O) groups excluding carboxylic acids is 1. The van der Waals surface area contributed by atoms with E-state index in [1.165, 1.54) is 0 Å². The lowest BCUT2D eigenvalue weighted by Crippen LogP contribution is -2.41. The van der Waals surface area contributed by atoms with Gasteiger partial charge < -0.3 is 14.4 Å². The lowest BCUT2D eigenvalue weighted by atomic mass is 9.95. The van der Waals surface area contributed by atoms with Crippen molar-refractivity contribution in [3.63, 3.8) is 0 Å². The largest absolute Gasteiger partial charge is 0.492 e. The third-order valence-corrected chi connectivity index (χ3v) is 4.24. The zero-order valence-electron chi connectivity index (χ0n) is 14.1. The summed E-state index contributed by atoms with van der Waals surface area (Å²) < 4.78 is 12.7. The van der Waals surface area contributed by atoms with Crippen LogP contribution in [-0.2, 0) is 29.5 Å². The van der Waals surface area contributed by atoms with E-state index in [2.05, 4.69) is 5.10 Å². The van der Waals surface area contributed by atoms with Gasteiger partial charge in [0.2, 0.25) is 5.91 Å². The van der Waals surface area contributed by atoms with Gasteiger partial charge in [-0.1, -0.05) is 18.2 Å². The molecule has 6 heteroatoms. The quantitative estimate of drug-likeness (QED) is 0.808. The van der Waals surface area contributed by atoms with Crippen LogP contribution in [0.5, 0.6) is 5.75 Å². The smallest absolute Gasteiger partial charge is 0.229 e. The molecule has 0 radical (unpaired) electrons. The maximum atomic E-state index is 13.0. The Bertz CT molecular complexity index is 698. The van der Waals surface area contributed by atoms with Crippen LogP contribution in [0.2, 0.25) is 0 Å². The molecule has 1 aromatic heterocycles. The van der Waals surface area contributed by atoms with Gasteiger partial charge in [-0.3, -0.25) is 9.48 Å². The van der Waals surface area contributed by atoms with Crippen molar-refractivity contribution in [2.75, 3.05) is 26.9 Å². The molecule has 0 unspecified atom stereocenters. The molecule has 6 nitrogen and oxygen atoms in total. The van der Waals surface area contributed by atoms with Gasteiger partial charge in [0.15, 0.2) is 0 Å². The second-order valence-electron chi connectivity index (χ2n) is 6.09. The molecular formula is C18H23N3O3. The average molecular weight is 329 g/mol. The van der Waals surface area contributed by atoms with Gasteiger partial charge in [-0.25, -0.2) is 0 Å². The Hall–Kier alpha value is -2.34. The molecule has 1 aliphatic heterocycles. The van der Waals surface area contributed by atoms with Gasteiger partial charge in [0, 0.05) is 39.0 Å². The van der Waals surface area contributed by atoms with E-state index in [1.54, 1.807) is 18.0 Å². The number of ether oxygens (including phenoxy) is 2. The van der Waals surface area contributed by atoms with E-state index in [0.29, 0.717) is 32.7 Å². The van der Waals surface area contributed by atoms with E-state index in [9.17, 15) is 4.79 Å². The van der Waals surface area contributed by atoms with Crippen LogP contribution < -0.4 is 4.74 Å². The maximum Gasteiger partial charge on any atom is 0.229 e. The maximum absolute atomic E-state index is 13.0. The standard InChI is InChI=1S/C18H23N3O3/c1-20-11-14(10-19-20)12-21(7-8-23-2)18(22)16-9-15-5-3-4-6-17(15)24-13-16/h3-6,10-11,16H,7-9,12-13H2,1-2H3/t16-/m1/s1. The fourth-order valence-corrected chi connectivity index (χ4v) is 2.99. The lowest BCUT2D eigenvalue weighted by molar-refractivity contribution is -0.138. The molecule has 1 amide bonds. The van der Waals surface area contributed by atoms with E-state index in [1.807, 2.05) is 42.4 Å². The summed E-state index contributed by atoms with van der Waals surface area (Å²) in [5.41, 5.74) is 2.11. The molecule has 0 spiro atoms. The first-order valence-corrected chi connectivity index (χ1v) is 8.13. The first kappa shape index (κ1) is 16.5. The first-order valence-electron chi connectivity index (χ1n) is 8.13. The van der Waals surface area contributed by atoms with Crippen molar-refractivity contribution in [2.45, 2.75) is 13.0 Å². The van der Waals surface area contributed by atoms with Crippen LogP contribution in [0.3, 0.4) is 0 Å². The monoisotopic (exact) mass is 329 g/mol. The number of nitrogens with zero attached hydrogens (tertiary/aromatic N) is 3. The Balaban J connectivity index is 1.71. The molecule has 0 fully saturated rings. The molecular weight excluding hydrogens is 306 g/mol. The number of aromatic nitrogens is 2. The lowest BCUT2D eigenvalue weighted by Gasteiger charge is -2.30. The van der Waals surface area contributed by atoms with Gasteiger partial charge in [-0.05, 0) is 18.1 Å². The number of rotatable bonds is 6. The van der Waals surface area contributed by atoms with Gasteiger partial charge in [0.25, 0.3) is 0 Å². The molecule has 1 aromatic carbocycles. The van der Waals surface area contributed by atoms with Gasteiger partial charge in [0.05, 0.1) is 18.7 Å². The summed E-state index contributed by atoms with van der Waals surface area (Å²) in [6.07, 6.45) is 4.44. The Morgan fingerprint density at radius 3 is 3.04 bits per heavy atom. The topological polar surface area (TPSA) is 56.6 Å². The van der Waals surface area contributed by atoms with Crippen molar-refractivity contribution in [3.05, 3.63) is 47.8 Å². The average Bonchev–Trinajstić information content (AvgIpc) is 3.02. The van der Waals surface area contributed by atoms with Crippen molar-refractivity contribution in [3.8, 4) is 5.75 Å². The van der Waals surface area contributed by atoms with E-state index in [-0.39, 0.29) is 11.8 Å². The van der Waals surface area contributed by atoms with Crippen molar-refractivity contribution in [1.29, 1.82) is 0 Å². The van der Waals surface area contributed by atoms with Gasteiger partial charge in [-0.2, -0.15) is 5.10 Å². The van der Waals surface area contributed by atoms with Crippen molar-refractivity contribution in [1.82, 2.24) is 14.7 Å². The summed E-state index contributed by atoms with van der Waals surface area (Å²) in [4.78, 5) is 14.8. The zero-order valence-corrected chi connectivity index (χ0v) is 14.1. The van der Waals surface area contributed by atoms with E-state index >= 15 is 0 Å². The summed E-state index contributed by atoms with van der Waals surface area (Å²) in [5.74, 6) is 0.830. The van der Waals surface area contributed by atoms with E-state index in [4.69, 9.17) is 9.47 Å². The zero-order chi connectivity index (χ0) is 16.9.